The molecule has 5 heteroatoms. The molecule has 1 N–H and O–H groups in total. The molecule has 0 saturated heterocycles. The third-order valence-electron chi connectivity index (χ3n) is 3.26. The highest BCUT2D eigenvalue weighted by Crippen LogP contribution is 2.24. The molecule has 0 bridgehead atoms. The summed E-state index contributed by atoms with van der Waals surface area (Å²) in [6.07, 6.45) is 3.37. The van der Waals surface area contributed by atoms with Crippen molar-refractivity contribution in [2.45, 2.75) is 20.0 Å². The molecule has 21 heavy (non-hydrogen) atoms. The highest BCUT2D eigenvalue weighted by Gasteiger charge is 2.22. The van der Waals surface area contributed by atoms with E-state index in [0.29, 0.717) is 12.5 Å². The number of pyridine rings is 1. The van der Waals surface area contributed by atoms with Crippen molar-refractivity contribution >= 4 is 5.90 Å². The van der Waals surface area contributed by atoms with Crippen LogP contribution in [-0.4, -0.2) is 17.5 Å². The number of benzene rings is 1. The number of nitrogens with zero attached hydrogens (tertiary/aromatic N) is 2. The number of nitrogens with one attached hydrogen (secondary N) is 1. The fraction of sp³-hybridized carbons (Fsp3) is 0.250. The first-order valence-corrected chi connectivity index (χ1v) is 6.92. The van der Waals surface area contributed by atoms with Gasteiger partial charge < -0.3 is 9.57 Å². The molecule has 2 aromatic rings. The fourth-order valence-electron chi connectivity index (χ4n) is 2.22. The Morgan fingerprint density at radius 1 is 1.33 bits per heavy atom. The number of aryl methyl sites for hydroxylation is 1. The molecule has 0 fully saturated rings. The average Bonchev–Trinajstić information content (AvgIpc) is 2.98. The maximum atomic E-state index is 5.52. The van der Waals surface area contributed by atoms with E-state index in [2.05, 4.69) is 15.5 Å². The molecule has 1 atom stereocenters. The molecule has 1 aliphatic heterocycles. The van der Waals surface area contributed by atoms with E-state index >= 15 is 0 Å². The first-order chi connectivity index (χ1) is 10.3. The Morgan fingerprint density at radius 2 is 2.24 bits per heavy atom. The molecular weight excluding hydrogens is 266 g/mol. The second-order valence-corrected chi connectivity index (χ2v) is 4.75. The molecule has 1 aliphatic rings. The summed E-state index contributed by atoms with van der Waals surface area (Å²) < 4.78 is 5.50. The molecule has 5 nitrogen and oxygen atoms in total. The maximum Gasteiger partial charge on any atom is 0.242 e. The Morgan fingerprint density at radius 3 is 3.05 bits per heavy atom. The second-order valence-electron chi connectivity index (χ2n) is 4.75. The summed E-state index contributed by atoms with van der Waals surface area (Å²) in [4.78, 5) is 14.2. The van der Waals surface area contributed by atoms with Gasteiger partial charge in [0.15, 0.2) is 6.17 Å². The predicted octanol–water partition coefficient (Wildman–Crippen LogP) is 2.77. The summed E-state index contributed by atoms with van der Waals surface area (Å²) in [5, 5.41) is 0. The van der Waals surface area contributed by atoms with Crippen LogP contribution in [0.15, 0.2) is 47.7 Å². The number of aliphatic imine (C=N–C) groups is 1. The van der Waals surface area contributed by atoms with E-state index < -0.39 is 0 Å². The van der Waals surface area contributed by atoms with Gasteiger partial charge in [0.2, 0.25) is 5.90 Å². The lowest BCUT2D eigenvalue weighted by Crippen LogP contribution is -2.15. The van der Waals surface area contributed by atoms with Gasteiger partial charge in [-0.3, -0.25) is 4.98 Å². The molecular formula is C16H17N3O2. The van der Waals surface area contributed by atoms with Crippen LogP contribution in [-0.2, 0) is 4.84 Å². The number of hydrogen-bond acceptors (Lipinski definition) is 5. The number of hydrogen-bond donors (Lipinski definition) is 1. The van der Waals surface area contributed by atoms with Crippen LogP contribution in [0.1, 0.15) is 29.8 Å². The van der Waals surface area contributed by atoms with Gasteiger partial charge in [-0.15, -0.1) is 5.48 Å². The van der Waals surface area contributed by atoms with Crippen molar-refractivity contribution in [1.29, 1.82) is 0 Å². The minimum atomic E-state index is -0.209. The Kier molecular flexibility index (Phi) is 3.83. The number of rotatable bonds is 4. The van der Waals surface area contributed by atoms with Crippen LogP contribution >= 0.6 is 0 Å². The monoisotopic (exact) mass is 283 g/mol. The summed E-state index contributed by atoms with van der Waals surface area (Å²) in [6.45, 7) is 4.60. The zero-order valence-corrected chi connectivity index (χ0v) is 12.0. The summed E-state index contributed by atoms with van der Waals surface area (Å²) in [5.74, 6) is 1.38. The lowest BCUT2D eigenvalue weighted by Gasteiger charge is -2.08. The van der Waals surface area contributed by atoms with E-state index in [9.17, 15) is 0 Å². The van der Waals surface area contributed by atoms with Gasteiger partial charge in [-0.25, -0.2) is 4.99 Å². The van der Waals surface area contributed by atoms with Crippen molar-refractivity contribution in [1.82, 2.24) is 10.5 Å². The fourth-order valence-corrected chi connectivity index (χ4v) is 2.22. The smallest absolute Gasteiger partial charge is 0.242 e. The highest BCUT2D eigenvalue weighted by molar-refractivity contribution is 5.95. The van der Waals surface area contributed by atoms with Crippen LogP contribution in [0.2, 0.25) is 0 Å². The third kappa shape index (κ3) is 2.87. The van der Waals surface area contributed by atoms with Crippen molar-refractivity contribution in [2.24, 2.45) is 4.99 Å². The Hall–Kier alpha value is -2.40. The first-order valence-electron chi connectivity index (χ1n) is 6.92. The van der Waals surface area contributed by atoms with Crippen LogP contribution in [0.25, 0.3) is 0 Å². The molecule has 1 aromatic carbocycles. The van der Waals surface area contributed by atoms with Crippen LogP contribution in [0, 0.1) is 6.92 Å². The largest absolute Gasteiger partial charge is 0.494 e. The molecule has 0 spiro atoms. The summed E-state index contributed by atoms with van der Waals surface area (Å²) in [5.41, 5.74) is 5.96. The normalized spacial score (nSPS) is 17.2. The van der Waals surface area contributed by atoms with E-state index in [1.807, 2.05) is 50.4 Å². The zero-order chi connectivity index (χ0) is 14.7. The lowest BCUT2D eigenvalue weighted by molar-refractivity contribution is 0.180. The van der Waals surface area contributed by atoms with E-state index in [4.69, 9.17) is 9.57 Å². The predicted molar refractivity (Wildman–Crippen MR) is 80.1 cm³/mol. The van der Waals surface area contributed by atoms with E-state index in [0.717, 1.165) is 22.4 Å². The number of aromatic nitrogens is 1. The number of hydroxylamine groups is 1. The summed E-state index contributed by atoms with van der Waals surface area (Å²) >= 11 is 0. The van der Waals surface area contributed by atoms with Gasteiger partial charge in [-0.1, -0.05) is 6.07 Å². The van der Waals surface area contributed by atoms with Crippen molar-refractivity contribution in [2.75, 3.05) is 6.61 Å². The van der Waals surface area contributed by atoms with Gasteiger partial charge in [0.1, 0.15) is 5.75 Å². The molecule has 0 amide bonds. The molecule has 0 radical (unpaired) electrons. The lowest BCUT2D eigenvalue weighted by atomic mass is 10.1. The van der Waals surface area contributed by atoms with Crippen LogP contribution < -0.4 is 10.2 Å². The molecule has 108 valence electrons. The third-order valence-corrected chi connectivity index (χ3v) is 3.26. The molecule has 0 saturated carbocycles. The molecule has 3 rings (SSSR count). The quantitative estimate of drug-likeness (QED) is 0.937. The van der Waals surface area contributed by atoms with E-state index in [-0.39, 0.29) is 6.17 Å². The van der Waals surface area contributed by atoms with Crippen LogP contribution in [0.5, 0.6) is 5.75 Å². The van der Waals surface area contributed by atoms with Crippen LogP contribution in [0.4, 0.5) is 0 Å². The zero-order valence-electron chi connectivity index (χ0n) is 12.0. The minimum absolute atomic E-state index is 0.209. The van der Waals surface area contributed by atoms with Gasteiger partial charge in [-0.2, -0.15) is 0 Å². The summed E-state index contributed by atoms with van der Waals surface area (Å²) in [7, 11) is 0. The molecule has 2 heterocycles. The van der Waals surface area contributed by atoms with Gasteiger partial charge >= 0.3 is 0 Å². The molecule has 0 aliphatic carbocycles. The topological polar surface area (TPSA) is 55.7 Å². The SMILES string of the molecule is CCOc1cccc(C2=NC(c3ccncc3C)NO2)c1. The number of ether oxygens (including phenoxy) is 1. The van der Waals surface area contributed by atoms with E-state index in [1.54, 1.807) is 6.20 Å². The van der Waals surface area contributed by atoms with Crippen molar-refractivity contribution in [3.63, 3.8) is 0 Å². The van der Waals surface area contributed by atoms with Crippen molar-refractivity contribution in [3.8, 4) is 5.75 Å². The van der Waals surface area contributed by atoms with E-state index in [1.165, 1.54) is 0 Å². The van der Waals surface area contributed by atoms with Crippen LogP contribution in [0.3, 0.4) is 0 Å². The molecule has 1 unspecified atom stereocenters. The molecule has 1 aromatic heterocycles. The minimum Gasteiger partial charge on any atom is -0.494 e. The Bertz CT molecular complexity index is 670. The first kappa shape index (κ1) is 13.6. The highest BCUT2D eigenvalue weighted by atomic mass is 16.7. The maximum absolute atomic E-state index is 5.52. The van der Waals surface area contributed by atoms with Crippen molar-refractivity contribution < 1.29 is 9.57 Å². The van der Waals surface area contributed by atoms with Gasteiger partial charge in [0.05, 0.1) is 6.61 Å². The van der Waals surface area contributed by atoms with Gasteiger partial charge in [0, 0.05) is 18.0 Å². The average molecular weight is 283 g/mol. The second kappa shape index (κ2) is 5.93. The standard InChI is InChI=1S/C16H17N3O2/c1-3-20-13-6-4-5-12(9-13)16-18-15(19-21-16)14-7-8-17-10-11(14)2/h4-10,15,19H,3H2,1-2H3. The van der Waals surface area contributed by atoms with Gasteiger partial charge in [0.25, 0.3) is 0 Å². The Balaban J connectivity index is 1.86. The van der Waals surface area contributed by atoms with Gasteiger partial charge in [-0.05, 0) is 49.2 Å². The summed E-state index contributed by atoms with van der Waals surface area (Å²) in [6, 6.07) is 9.66. The Labute approximate surface area is 123 Å². The van der Waals surface area contributed by atoms with Crippen molar-refractivity contribution in [3.05, 3.63) is 59.4 Å².